The third-order valence-corrected chi connectivity index (χ3v) is 2.15. The van der Waals surface area contributed by atoms with E-state index in [1.807, 2.05) is 26.0 Å². The molecule has 1 rings (SSSR count). The summed E-state index contributed by atoms with van der Waals surface area (Å²) in [6, 6.07) is 5.94. The Hall–Kier alpha value is -1.15. The number of hydrogen-bond acceptors (Lipinski definition) is 2. The van der Waals surface area contributed by atoms with Gasteiger partial charge in [-0.1, -0.05) is 17.2 Å². The van der Waals surface area contributed by atoms with Gasteiger partial charge in [0.15, 0.2) is 5.78 Å². The molecule has 0 radical (unpaired) electrons. The minimum Gasteiger partial charge on any atom is -0.330 e. The average Bonchev–Trinajstić information content (AvgIpc) is 2.12. The first-order valence-corrected chi connectivity index (χ1v) is 4.95. The molecule has 0 heterocycles. The predicted molar refractivity (Wildman–Crippen MR) is 58.5 cm³/mol. The standard InChI is InChI=1S/C12H17NO/c1-9-6-10(2)8-11(7-9)12(14)4-3-5-13/h6-8H,3-5,13H2,1-2H3. The molecule has 2 nitrogen and oxygen atoms in total. The van der Waals surface area contributed by atoms with E-state index < -0.39 is 0 Å². The number of rotatable bonds is 4. The van der Waals surface area contributed by atoms with Crippen molar-refractivity contribution >= 4 is 5.78 Å². The largest absolute Gasteiger partial charge is 0.330 e. The van der Waals surface area contributed by atoms with Crippen LogP contribution in [0.1, 0.15) is 34.3 Å². The molecule has 2 heteroatoms. The molecule has 0 aliphatic heterocycles. The van der Waals surface area contributed by atoms with E-state index in [2.05, 4.69) is 6.07 Å². The number of benzene rings is 1. The van der Waals surface area contributed by atoms with Crippen LogP contribution in [0, 0.1) is 13.8 Å². The van der Waals surface area contributed by atoms with Crippen molar-refractivity contribution in [3.8, 4) is 0 Å². The van der Waals surface area contributed by atoms with E-state index in [1.54, 1.807) is 0 Å². The second-order valence-electron chi connectivity index (χ2n) is 3.69. The minimum absolute atomic E-state index is 0.197. The fourth-order valence-electron chi connectivity index (χ4n) is 1.54. The van der Waals surface area contributed by atoms with E-state index in [1.165, 1.54) is 0 Å². The molecule has 0 amide bonds. The van der Waals surface area contributed by atoms with Crippen LogP contribution in [0.15, 0.2) is 18.2 Å². The fourth-order valence-corrected chi connectivity index (χ4v) is 1.54. The predicted octanol–water partition coefficient (Wildman–Crippen LogP) is 2.23. The average molecular weight is 191 g/mol. The highest BCUT2D eigenvalue weighted by Crippen LogP contribution is 2.11. The SMILES string of the molecule is Cc1cc(C)cc(C(=O)CCCN)c1. The molecule has 0 aliphatic rings. The van der Waals surface area contributed by atoms with Gasteiger partial charge in [-0.25, -0.2) is 0 Å². The summed E-state index contributed by atoms with van der Waals surface area (Å²) < 4.78 is 0. The first-order valence-electron chi connectivity index (χ1n) is 4.95. The zero-order valence-corrected chi connectivity index (χ0v) is 8.84. The van der Waals surface area contributed by atoms with Crippen LogP contribution < -0.4 is 5.73 Å². The lowest BCUT2D eigenvalue weighted by Crippen LogP contribution is -2.05. The molecule has 14 heavy (non-hydrogen) atoms. The second-order valence-corrected chi connectivity index (χ2v) is 3.69. The highest BCUT2D eigenvalue weighted by Gasteiger charge is 2.05. The first kappa shape index (κ1) is 10.9. The molecule has 0 saturated heterocycles. The Balaban J connectivity index is 2.79. The van der Waals surface area contributed by atoms with Gasteiger partial charge in [-0.2, -0.15) is 0 Å². The Labute approximate surface area is 85.1 Å². The van der Waals surface area contributed by atoms with Crippen LogP contribution in [0.2, 0.25) is 0 Å². The van der Waals surface area contributed by atoms with Crippen molar-refractivity contribution in [1.82, 2.24) is 0 Å². The van der Waals surface area contributed by atoms with Crippen molar-refractivity contribution in [3.05, 3.63) is 34.9 Å². The van der Waals surface area contributed by atoms with Gasteiger partial charge in [-0.05, 0) is 38.9 Å². The van der Waals surface area contributed by atoms with E-state index in [4.69, 9.17) is 5.73 Å². The first-order chi connectivity index (χ1) is 6.63. The van der Waals surface area contributed by atoms with Gasteiger partial charge < -0.3 is 5.73 Å². The van der Waals surface area contributed by atoms with Gasteiger partial charge >= 0.3 is 0 Å². The summed E-state index contributed by atoms with van der Waals surface area (Å²) in [4.78, 5) is 11.7. The molecule has 0 aliphatic carbocycles. The zero-order chi connectivity index (χ0) is 10.6. The van der Waals surface area contributed by atoms with E-state index in [9.17, 15) is 4.79 Å². The van der Waals surface area contributed by atoms with Gasteiger partial charge in [0.1, 0.15) is 0 Å². The van der Waals surface area contributed by atoms with Crippen LogP contribution in [0.5, 0.6) is 0 Å². The molecular formula is C12H17NO. The van der Waals surface area contributed by atoms with Gasteiger partial charge in [0.2, 0.25) is 0 Å². The lowest BCUT2D eigenvalue weighted by Gasteiger charge is -2.03. The maximum atomic E-state index is 11.7. The summed E-state index contributed by atoms with van der Waals surface area (Å²) >= 11 is 0. The molecule has 0 unspecified atom stereocenters. The highest BCUT2D eigenvalue weighted by atomic mass is 16.1. The number of carbonyl (C=O) groups excluding carboxylic acids is 1. The number of carbonyl (C=O) groups is 1. The van der Waals surface area contributed by atoms with E-state index in [0.29, 0.717) is 13.0 Å². The molecule has 0 fully saturated rings. The maximum Gasteiger partial charge on any atom is 0.162 e. The number of aryl methyl sites for hydroxylation is 2. The number of hydrogen-bond donors (Lipinski definition) is 1. The molecule has 1 aromatic carbocycles. The van der Waals surface area contributed by atoms with Crippen molar-refractivity contribution < 1.29 is 4.79 Å². The topological polar surface area (TPSA) is 43.1 Å². The van der Waals surface area contributed by atoms with Crippen molar-refractivity contribution in [2.45, 2.75) is 26.7 Å². The third-order valence-electron chi connectivity index (χ3n) is 2.15. The Morgan fingerprint density at radius 1 is 1.21 bits per heavy atom. The van der Waals surface area contributed by atoms with Crippen molar-refractivity contribution in [3.63, 3.8) is 0 Å². The van der Waals surface area contributed by atoms with E-state index >= 15 is 0 Å². The Morgan fingerprint density at radius 2 is 1.79 bits per heavy atom. The summed E-state index contributed by atoms with van der Waals surface area (Å²) in [5.74, 6) is 0.197. The molecule has 1 aromatic rings. The van der Waals surface area contributed by atoms with Gasteiger partial charge in [0.05, 0.1) is 0 Å². The van der Waals surface area contributed by atoms with Crippen molar-refractivity contribution in [1.29, 1.82) is 0 Å². The van der Waals surface area contributed by atoms with Crippen LogP contribution in [-0.4, -0.2) is 12.3 Å². The van der Waals surface area contributed by atoms with Gasteiger partial charge in [-0.15, -0.1) is 0 Å². The minimum atomic E-state index is 0.197. The van der Waals surface area contributed by atoms with E-state index in [0.717, 1.165) is 23.1 Å². The quantitative estimate of drug-likeness (QED) is 0.741. The number of ketones is 1. The molecule has 2 N–H and O–H groups in total. The molecule has 0 bridgehead atoms. The summed E-state index contributed by atoms with van der Waals surface area (Å²) in [5, 5.41) is 0. The van der Waals surface area contributed by atoms with Crippen LogP contribution in [0.25, 0.3) is 0 Å². The normalized spacial score (nSPS) is 10.2. The lowest BCUT2D eigenvalue weighted by molar-refractivity contribution is 0.0980. The molecule has 0 aromatic heterocycles. The molecule has 0 saturated carbocycles. The van der Waals surface area contributed by atoms with Gasteiger partial charge in [0.25, 0.3) is 0 Å². The Morgan fingerprint density at radius 3 is 2.29 bits per heavy atom. The van der Waals surface area contributed by atoms with Crippen LogP contribution >= 0.6 is 0 Å². The third kappa shape index (κ3) is 2.96. The molecular weight excluding hydrogens is 174 g/mol. The monoisotopic (exact) mass is 191 g/mol. The van der Waals surface area contributed by atoms with Gasteiger partial charge in [0, 0.05) is 12.0 Å². The fraction of sp³-hybridized carbons (Fsp3) is 0.417. The number of Topliss-reactive ketones (excluding diaryl/α,β-unsaturated/α-hetero) is 1. The van der Waals surface area contributed by atoms with Crippen LogP contribution in [0.4, 0.5) is 0 Å². The van der Waals surface area contributed by atoms with Crippen molar-refractivity contribution in [2.24, 2.45) is 5.73 Å². The smallest absolute Gasteiger partial charge is 0.162 e. The lowest BCUT2D eigenvalue weighted by atomic mass is 10.0. The second kappa shape index (κ2) is 4.91. The molecule has 0 spiro atoms. The van der Waals surface area contributed by atoms with Gasteiger partial charge in [-0.3, -0.25) is 4.79 Å². The summed E-state index contributed by atoms with van der Waals surface area (Å²) in [5.41, 5.74) is 8.46. The van der Waals surface area contributed by atoms with Crippen molar-refractivity contribution in [2.75, 3.05) is 6.54 Å². The van der Waals surface area contributed by atoms with Crippen LogP contribution in [0.3, 0.4) is 0 Å². The summed E-state index contributed by atoms with van der Waals surface area (Å²) in [6.45, 7) is 4.59. The zero-order valence-electron chi connectivity index (χ0n) is 8.84. The highest BCUT2D eigenvalue weighted by molar-refractivity contribution is 5.96. The molecule has 0 atom stereocenters. The molecule has 76 valence electrons. The summed E-state index contributed by atoms with van der Waals surface area (Å²) in [6.07, 6.45) is 1.32. The van der Waals surface area contributed by atoms with Crippen LogP contribution in [-0.2, 0) is 0 Å². The Bertz CT molecular complexity index is 311. The Kier molecular flexibility index (Phi) is 3.84. The maximum absolute atomic E-state index is 11.7. The summed E-state index contributed by atoms with van der Waals surface area (Å²) in [7, 11) is 0. The number of nitrogens with two attached hydrogens (primary N) is 1. The van der Waals surface area contributed by atoms with E-state index in [-0.39, 0.29) is 5.78 Å².